The van der Waals surface area contributed by atoms with Crippen molar-refractivity contribution in [2.75, 3.05) is 32.0 Å². The van der Waals surface area contributed by atoms with Gasteiger partial charge in [-0.2, -0.15) is 0 Å². The maximum absolute atomic E-state index is 13.1. The molecule has 9 heteroatoms. The number of carbonyl (C=O) groups is 1. The van der Waals surface area contributed by atoms with E-state index in [0.29, 0.717) is 36.4 Å². The van der Waals surface area contributed by atoms with Crippen LogP contribution in [-0.4, -0.2) is 52.3 Å². The van der Waals surface area contributed by atoms with Gasteiger partial charge >= 0.3 is 0 Å². The lowest BCUT2D eigenvalue weighted by atomic mass is 10.0. The molecule has 1 aliphatic heterocycles. The Hall–Kier alpha value is -2.10. The Morgan fingerprint density at radius 2 is 2.16 bits per heavy atom. The van der Waals surface area contributed by atoms with Crippen molar-refractivity contribution in [3.8, 4) is 0 Å². The number of pyridine rings is 1. The Morgan fingerprint density at radius 1 is 1.40 bits per heavy atom. The van der Waals surface area contributed by atoms with Crippen LogP contribution in [-0.2, 0) is 15.1 Å². The maximum Gasteiger partial charge on any atom is 0.242 e. The number of ether oxygens (including phenoxy) is 1. The zero-order valence-electron chi connectivity index (χ0n) is 14.3. The second kappa shape index (κ2) is 7.42. The predicted octanol–water partition coefficient (Wildman–Crippen LogP) is 0.940. The minimum Gasteiger partial charge on any atom is -0.379 e. The molecule has 3 rings (SSSR count). The second-order valence-electron chi connectivity index (χ2n) is 6.40. The number of hydrogen-bond acceptors (Lipinski definition) is 8. The molecular formula is C16H22N6O2S. The van der Waals surface area contributed by atoms with Gasteiger partial charge in [-0.15, -0.1) is 10.2 Å². The number of nitrogens with zero attached hydrogens (tertiary/aromatic N) is 4. The molecule has 1 aliphatic rings. The molecular weight excluding hydrogens is 340 g/mol. The van der Waals surface area contributed by atoms with Gasteiger partial charge in [-0.05, 0) is 25.5 Å². The van der Waals surface area contributed by atoms with Crippen LogP contribution in [0.4, 0.5) is 5.13 Å². The van der Waals surface area contributed by atoms with Crippen LogP contribution in [0.1, 0.15) is 30.5 Å². The number of rotatable bonds is 5. The largest absolute Gasteiger partial charge is 0.379 e. The molecule has 0 unspecified atom stereocenters. The van der Waals surface area contributed by atoms with Gasteiger partial charge in [0.05, 0.1) is 18.8 Å². The summed E-state index contributed by atoms with van der Waals surface area (Å²) in [7, 11) is 0. The number of aromatic nitrogens is 3. The average molecular weight is 362 g/mol. The molecule has 1 amide bonds. The number of hydrogen-bond donors (Lipinski definition) is 2. The lowest BCUT2D eigenvalue weighted by Gasteiger charge is -2.35. The highest BCUT2D eigenvalue weighted by molar-refractivity contribution is 7.15. The summed E-state index contributed by atoms with van der Waals surface area (Å²) in [6.45, 7) is 6.40. The van der Waals surface area contributed by atoms with Gasteiger partial charge in [0.1, 0.15) is 11.0 Å². The first-order valence-electron chi connectivity index (χ1n) is 8.10. The summed E-state index contributed by atoms with van der Waals surface area (Å²) >= 11 is 1.27. The normalized spacial score (nSPS) is 17.2. The van der Waals surface area contributed by atoms with E-state index < -0.39 is 11.6 Å². The van der Waals surface area contributed by atoms with E-state index in [9.17, 15) is 4.79 Å². The van der Waals surface area contributed by atoms with Gasteiger partial charge in [-0.25, -0.2) is 0 Å². The van der Waals surface area contributed by atoms with Crippen LogP contribution < -0.4 is 11.1 Å². The Bertz CT molecular complexity index is 714. The van der Waals surface area contributed by atoms with Crippen molar-refractivity contribution < 1.29 is 9.53 Å². The van der Waals surface area contributed by atoms with Crippen LogP contribution in [0, 0.1) is 0 Å². The van der Waals surface area contributed by atoms with Gasteiger partial charge in [0.2, 0.25) is 11.0 Å². The van der Waals surface area contributed by atoms with Gasteiger partial charge in [-0.1, -0.05) is 17.4 Å². The number of nitrogens with one attached hydrogen (secondary N) is 1. The summed E-state index contributed by atoms with van der Waals surface area (Å²) in [5.74, 6) is -0.103. The first-order chi connectivity index (χ1) is 12.0. The summed E-state index contributed by atoms with van der Waals surface area (Å²) in [5.41, 5.74) is 5.86. The molecule has 3 N–H and O–H groups in total. The molecule has 134 valence electrons. The third-order valence-corrected chi connectivity index (χ3v) is 5.15. The third kappa shape index (κ3) is 4.12. The summed E-state index contributed by atoms with van der Waals surface area (Å²) < 4.78 is 5.42. The van der Waals surface area contributed by atoms with Gasteiger partial charge in [0, 0.05) is 25.5 Å². The molecule has 0 aromatic carbocycles. The Balaban J connectivity index is 1.83. The second-order valence-corrected chi connectivity index (χ2v) is 7.41. The molecule has 0 saturated carbocycles. The fourth-order valence-electron chi connectivity index (χ4n) is 2.82. The monoisotopic (exact) mass is 362 g/mol. The van der Waals surface area contributed by atoms with Crippen LogP contribution in [0.25, 0.3) is 0 Å². The molecule has 3 heterocycles. The van der Waals surface area contributed by atoms with E-state index in [2.05, 4.69) is 25.4 Å². The van der Waals surface area contributed by atoms with Crippen LogP contribution in [0.15, 0.2) is 24.5 Å². The third-order valence-electron chi connectivity index (χ3n) is 4.07. The van der Waals surface area contributed by atoms with Crippen molar-refractivity contribution in [2.45, 2.75) is 25.4 Å². The van der Waals surface area contributed by atoms with E-state index in [4.69, 9.17) is 10.5 Å². The van der Waals surface area contributed by atoms with Gasteiger partial charge in [0.25, 0.3) is 0 Å². The Morgan fingerprint density at radius 3 is 2.76 bits per heavy atom. The van der Waals surface area contributed by atoms with Crippen molar-refractivity contribution in [3.05, 3.63) is 35.1 Å². The van der Waals surface area contributed by atoms with E-state index >= 15 is 0 Å². The lowest BCUT2D eigenvalue weighted by molar-refractivity contribution is -0.130. The summed E-state index contributed by atoms with van der Waals surface area (Å²) in [6.07, 6.45) is 3.43. The summed E-state index contributed by atoms with van der Waals surface area (Å²) in [5, 5.41) is 12.0. The van der Waals surface area contributed by atoms with Crippen LogP contribution in [0.3, 0.4) is 0 Å². The van der Waals surface area contributed by atoms with Crippen molar-refractivity contribution in [1.29, 1.82) is 0 Å². The molecule has 0 radical (unpaired) electrons. The van der Waals surface area contributed by atoms with Crippen molar-refractivity contribution in [3.63, 3.8) is 0 Å². The van der Waals surface area contributed by atoms with E-state index in [-0.39, 0.29) is 5.91 Å². The highest BCUT2D eigenvalue weighted by Gasteiger charge is 2.34. The zero-order chi connectivity index (χ0) is 17.9. The van der Waals surface area contributed by atoms with Crippen molar-refractivity contribution in [2.24, 2.45) is 0 Å². The minimum absolute atomic E-state index is 0.103. The Labute approximate surface area is 150 Å². The SMILES string of the molecule is CC(C)(NC(=O)[C@H](c1cccnc1)N1CCOCC1)c1nnc(N)s1. The quantitative estimate of drug-likeness (QED) is 0.815. The number of amides is 1. The summed E-state index contributed by atoms with van der Waals surface area (Å²) in [4.78, 5) is 19.4. The molecule has 25 heavy (non-hydrogen) atoms. The Kier molecular flexibility index (Phi) is 5.26. The molecule has 8 nitrogen and oxygen atoms in total. The fraction of sp³-hybridized carbons (Fsp3) is 0.500. The first-order valence-corrected chi connectivity index (χ1v) is 8.92. The topological polar surface area (TPSA) is 106 Å². The minimum atomic E-state index is -0.668. The van der Waals surface area contributed by atoms with Crippen LogP contribution in [0.2, 0.25) is 0 Å². The summed E-state index contributed by atoms with van der Waals surface area (Å²) in [6, 6.07) is 3.33. The highest BCUT2D eigenvalue weighted by Crippen LogP contribution is 2.28. The van der Waals surface area contributed by atoms with Crippen LogP contribution in [0.5, 0.6) is 0 Å². The molecule has 1 atom stereocenters. The van der Waals surface area contributed by atoms with Crippen molar-refractivity contribution >= 4 is 22.4 Å². The molecule has 1 saturated heterocycles. The van der Waals surface area contributed by atoms with Crippen molar-refractivity contribution in [1.82, 2.24) is 25.4 Å². The first kappa shape index (κ1) is 17.7. The molecule has 0 aliphatic carbocycles. The zero-order valence-corrected chi connectivity index (χ0v) is 15.1. The molecule has 1 fully saturated rings. The number of carbonyl (C=O) groups excluding carboxylic acids is 1. The van der Waals surface area contributed by atoms with E-state index in [0.717, 1.165) is 5.56 Å². The smallest absolute Gasteiger partial charge is 0.242 e. The lowest BCUT2D eigenvalue weighted by Crippen LogP contribution is -2.50. The molecule has 0 bridgehead atoms. The van der Waals surface area contributed by atoms with Gasteiger partial charge < -0.3 is 15.8 Å². The van der Waals surface area contributed by atoms with E-state index in [1.54, 1.807) is 12.4 Å². The maximum atomic E-state index is 13.1. The fourth-order valence-corrected chi connectivity index (χ4v) is 3.49. The van der Waals surface area contributed by atoms with E-state index in [1.165, 1.54) is 11.3 Å². The number of anilines is 1. The average Bonchev–Trinajstić information content (AvgIpc) is 3.04. The highest BCUT2D eigenvalue weighted by atomic mass is 32.1. The number of morpholine rings is 1. The number of nitrogen functional groups attached to an aromatic ring is 1. The molecule has 0 spiro atoms. The predicted molar refractivity (Wildman–Crippen MR) is 94.9 cm³/mol. The molecule has 2 aromatic rings. The van der Waals surface area contributed by atoms with Crippen LogP contribution >= 0.6 is 11.3 Å². The van der Waals surface area contributed by atoms with Gasteiger partial charge in [-0.3, -0.25) is 14.7 Å². The van der Waals surface area contributed by atoms with Gasteiger partial charge in [0.15, 0.2) is 0 Å². The number of nitrogens with two attached hydrogens (primary N) is 1. The van der Waals surface area contributed by atoms with E-state index in [1.807, 2.05) is 26.0 Å². The molecule has 2 aromatic heterocycles. The standard InChI is InChI=1S/C16H22N6O2S/c1-16(2,14-20-21-15(17)25-14)19-13(23)12(11-4-3-5-18-10-11)22-6-8-24-9-7-22/h3-5,10,12H,6-9H2,1-2H3,(H2,17,21)(H,19,23)/t12-/m0/s1.